The largest absolute Gasteiger partial charge is 0.481 e. The lowest BCUT2D eigenvalue weighted by Gasteiger charge is -2.25. The van der Waals surface area contributed by atoms with Crippen molar-refractivity contribution in [3.05, 3.63) is 42.0 Å². The Morgan fingerprint density at radius 3 is 2.36 bits per heavy atom. The van der Waals surface area contributed by atoms with Gasteiger partial charge in [0.05, 0.1) is 25.9 Å². The van der Waals surface area contributed by atoms with Gasteiger partial charge in [0.1, 0.15) is 11.4 Å². The molecule has 0 bridgehead atoms. The van der Waals surface area contributed by atoms with Crippen LogP contribution in [-0.2, 0) is 4.79 Å². The number of aromatic nitrogens is 1. The minimum Gasteiger partial charge on any atom is -0.481 e. The van der Waals surface area contributed by atoms with Crippen LogP contribution in [0.15, 0.2) is 36.4 Å². The highest BCUT2D eigenvalue weighted by molar-refractivity contribution is 5.97. The van der Waals surface area contributed by atoms with Crippen LogP contribution in [-0.4, -0.2) is 30.7 Å². The van der Waals surface area contributed by atoms with E-state index in [1.54, 1.807) is 50.2 Å². The number of carbonyl (C=O) groups is 1. The molecular weight excluding hydrogens is 322 g/mol. The van der Waals surface area contributed by atoms with Crippen molar-refractivity contribution in [3.63, 3.8) is 0 Å². The van der Waals surface area contributed by atoms with E-state index in [2.05, 4.69) is 10.3 Å². The molecular formula is C18H19N3O4. The summed E-state index contributed by atoms with van der Waals surface area (Å²) in [4.78, 5) is 16.7. The molecule has 130 valence electrons. The maximum Gasteiger partial charge on any atom is 0.268 e. The molecule has 0 aliphatic carbocycles. The lowest BCUT2D eigenvalue weighted by atomic mass is 10.1. The van der Waals surface area contributed by atoms with E-state index in [-0.39, 0.29) is 11.8 Å². The van der Waals surface area contributed by atoms with Gasteiger partial charge in [-0.05, 0) is 44.2 Å². The summed E-state index contributed by atoms with van der Waals surface area (Å²) in [5, 5.41) is 11.6. The summed E-state index contributed by atoms with van der Waals surface area (Å²) in [6, 6.07) is 11.8. The van der Waals surface area contributed by atoms with Gasteiger partial charge in [-0.15, -0.1) is 0 Å². The van der Waals surface area contributed by atoms with E-state index in [1.807, 2.05) is 6.07 Å². The number of anilines is 1. The van der Waals surface area contributed by atoms with Gasteiger partial charge in [-0.25, -0.2) is 0 Å². The Hall–Kier alpha value is -3.27. The summed E-state index contributed by atoms with van der Waals surface area (Å²) in [6.45, 7) is 3.29. The van der Waals surface area contributed by atoms with Crippen molar-refractivity contribution in [3.8, 4) is 23.6 Å². The van der Waals surface area contributed by atoms with Crippen LogP contribution in [0.25, 0.3) is 0 Å². The first kappa shape index (κ1) is 18.1. The highest BCUT2D eigenvalue weighted by Gasteiger charge is 2.31. The zero-order valence-corrected chi connectivity index (χ0v) is 14.5. The number of hydrogen-bond donors (Lipinski definition) is 1. The van der Waals surface area contributed by atoms with E-state index in [9.17, 15) is 4.79 Å². The molecule has 1 N–H and O–H groups in total. The molecule has 1 aromatic heterocycles. The van der Waals surface area contributed by atoms with Gasteiger partial charge in [-0.2, -0.15) is 10.2 Å². The molecule has 7 nitrogen and oxygen atoms in total. The predicted octanol–water partition coefficient (Wildman–Crippen LogP) is 2.77. The fourth-order valence-corrected chi connectivity index (χ4v) is 2.00. The first-order chi connectivity index (χ1) is 11.9. The minimum atomic E-state index is -1.15. The number of ether oxygens (including phenoxy) is 3. The van der Waals surface area contributed by atoms with E-state index in [1.165, 1.54) is 14.2 Å². The number of amides is 1. The topological polar surface area (TPSA) is 93.5 Å². The third-order valence-electron chi connectivity index (χ3n) is 3.39. The molecule has 0 aliphatic rings. The molecule has 1 aromatic carbocycles. The Bertz CT molecular complexity index is 795. The van der Waals surface area contributed by atoms with E-state index < -0.39 is 5.60 Å². The zero-order valence-electron chi connectivity index (χ0n) is 14.5. The molecule has 0 aliphatic heterocycles. The highest BCUT2D eigenvalue weighted by atomic mass is 16.5. The van der Waals surface area contributed by atoms with Gasteiger partial charge in [0, 0.05) is 6.07 Å². The Kier molecular flexibility index (Phi) is 5.45. The molecule has 0 radical (unpaired) electrons. The monoisotopic (exact) mass is 341 g/mol. The second kappa shape index (κ2) is 7.53. The Balaban J connectivity index is 2.14. The van der Waals surface area contributed by atoms with Crippen LogP contribution in [0.4, 0.5) is 5.69 Å². The average Bonchev–Trinajstić information content (AvgIpc) is 2.62. The van der Waals surface area contributed by atoms with Gasteiger partial charge in [0.2, 0.25) is 11.8 Å². The zero-order chi connectivity index (χ0) is 18.4. The van der Waals surface area contributed by atoms with Crippen LogP contribution in [0.3, 0.4) is 0 Å². The third kappa shape index (κ3) is 4.38. The van der Waals surface area contributed by atoms with Gasteiger partial charge in [0.15, 0.2) is 5.60 Å². The van der Waals surface area contributed by atoms with Gasteiger partial charge >= 0.3 is 0 Å². The van der Waals surface area contributed by atoms with E-state index in [0.717, 1.165) is 0 Å². The van der Waals surface area contributed by atoms with Gasteiger partial charge in [-0.1, -0.05) is 0 Å². The first-order valence-corrected chi connectivity index (χ1v) is 7.49. The molecule has 7 heteroatoms. The highest BCUT2D eigenvalue weighted by Crippen LogP contribution is 2.27. The minimum absolute atomic E-state index is 0.238. The lowest BCUT2D eigenvalue weighted by molar-refractivity contribution is -0.128. The van der Waals surface area contributed by atoms with Crippen LogP contribution in [0, 0.1) is 11.3 Å². The number of rotatable bonds is 6. The van der Waals surface area contributed by atoms with Crippen molar-refractivity contribution in [1.29, 1.82) is 5.26 Å². The molecule has 25 heavy (non-hydrogen) atoms. The molecule has 0 atom stereocenters. The van der Waals surface area contributed by atoms with Gasteiger partial charge < -0.3 is 19.5 Å². The van der Waals surface area contributed by atoms with Gasteiger partial charge in [0.25, 0.3) is 5.91 Å². The molecule has 0 spiro atoms. The SMILES string of the molecule is COc1ccc(NC(=O)C(C)(C)Oc2ccc(C#N)cc2)c(OC)n1. The number of benzene rings is 1. The van der Waals surface area contributed by atoms with E-state index in [0.29, 0.717) is 22.9 Å². The number of nitriles is 1. The van der Waals surface area contributed by atoms with Crippen molar-refractivity contribution in [1.82, 2.24) is 4.98 Å². The fourth-order valence-electron chi connectivity index (χ4n) is 2.00. The molecule has 0 saturated heterocycles. The van der Waals surface area contributed by atoms with Crippen LogP contribution >= 0.6 is 0 Å². The number of pyridine rings is 1. The molecule has 0 fully saturated rings. The molecule has 0 saturated carbocycles. The quantitative estimate of drug-likeness (QED) is 0.868. The summed E-state index contributed by atoms with van der Waals surface area (Å²) in [5.74, 6) is 0.728. The third-order valence-corrected chi connectivity index (χ3v) is 3.39. The van der Waals surface area contributed by atoms with Crippen LogP contribution in [0.5, 0.6) is 17.5 Å². The molecule has 1 heterocycles. The maximum atomic E-state index is 12.6. The summed E-state index contributed by atoms with van der Waals surface area (Å²) in [7, 11) is 2.95. The van der Waals surface area contributed by atoms with E-state index in [4.69, 9.17) is 19.5 Å². The molecule has 2 aromatic rings. The lowest BCUT2D eigenvalue weighted by Crippen LogP contribution is -2.42. The number of nitrogens with zero attached hydrogens (tertiary/aromatic N) is 2. The Morgan fingerprint density at radius 2 is 1.80 bits per heavy atom. The van der Waals surface area contributed by atoms with Crippen LogP contribution in [0.2, 0.25) is 0 Å². The summed E-state index contributed by atoms with van der Waals surface area (Å²) in [6.07, 6.45) is 0. The number of nitrogens with one attached hydrogen (secondary N) is 1. The number of carbonyl (C=O) groups excluding carboxylic acids is 1. The predicted molar refractivity (Wildman–Crippen MR) is 91.8 cm³/mol. The smallest absolute Gasteiger partial charge is 0.268 e. The van der Waals surface area contributed by atoms with Crippen LogP contribution < -0.4 is 19.5 Å². The Morgan fingerprint density at radius 1 is 1.12 bits per heavy atom. The van der Waals surface area contributed by atoms with Crippen molar-refractivity contribution >= 4 is 11.6 Å². The first-order valence-electron chi connectivity index (χ1n) is 7.49. The molecule has 0 unspecified atom stereocenters. The van der Waals surface area contributed by atoms with Crippen molar-refractivity contribution in [2.24, 2.45) is 0 Å². The summed E-state index contributed by atoms with van der Waals surface area (Å²) >= 11 is 0. The summed E-state index contributed by atoms with van der Waals surface area (Å²) < 4.78 is 15.9. The molecule has 2 rings (SSSR count). The normalized spacial score (nSPS) is 10.5. The maximum absolute atomic E-state index is 12.6. The fraction of sp³-hybridized carbons (Fsp3) is 0.278. The number of methoxy groups -OCH3 is 2. The van der Waals surface area contributed by atoms with Crippen molar-refractivity contribution < 1.29 is 19.0 Å². The molecule has 1 amide bonds. The van der Waals surface area contributed by atoms with Gasteiger partial charge in [-0.3, -0.25) is 4.79 Å². The van der Waals surface area contributed by atoms with Crippen molar-refractivity contribution in [2.45, 2.75) is 19.4 Å². The second-order valence-corrected chi connectivity index (χ2v) is 5.61. The van der Waals surface area contributed by atoms with Crippen molar-refractivity contribution in [2.75, 3.05) is 19.5 Å². The summed E-state index contributed by atoms with van der Waals surface area (Å²) in [5.41, 5.74) is -0.229. The standard InChI is InChI=1S/C18H19N3O4/c1-18(2,25-13-7-5-12(11-19)6-8-13)17(22)20-14-9-10-15(23-3)21-16(14)24-4/h5-10H,1-4H3,(H,20,22). The van der Waals surface area contributed by atoms with E-state index >= 15 is 0 Å². The second-order valence-electron chi connectivity index (χ2n) is 5.61. The average molecular weight is 341 g/mol. The number of hydrogen-bond acceptors (Lipinski definition) is 6. The Labute approximate surface area is 146 Å². The van der Waals surface area contributed by atoms with Crippen LogP contribution in [0.1, 0.15) is 19.4 Å².